The van der Waals surface area contributed by atoms with Crippen LogP contribution in [0.25, 0.3) is 16.6 Å². The maximum absolute atomic E-state index is 13.3. The van der Waals surface area contributed by atoms with Crippen LogP contribution in [0.3, 0.4) is 0 Å². The number of fused-ring (bicyclic) bond motifs is 1. The van der Waals surface area contributed by atoms with Crippen LogP contribution in [0, 0.1) is 12.7 Å². The molecule has 2 aromatic heterocycles. The van der Waals surface area contributed by atoms with E-state index < -0.39 is 0 Å². The van der Waals surface area contributed by atoms with E-state index in [2.05, 4.69) is 22.3 Å². The fourth-order valence-corrected chi connectivity index (χ4v) is 3.57. The lowest BCUT2D eigenvalue weighted by atomic mass is 10.0. The van der Waals surface area contributed by atoms with Gasteiger partial charge in [-0.3, -0.25) is 9.78 Å². The first-order valence-electron chi connectivity index (χ1n) is 10.0. The summed E-state index contributed by atoms with van der Waals surface area (Å²) >= 11 is 0. The van der Waals surface area contributed by atoms with Gasteiger partial charge in [0.2, 0.25) is 0 Å². The van der Waals surface area contributed by atoms with E-state index in [0.717, 1.165) is 40.7 Å². The maximum Gasteiger partial charge on any atom is 0.252 e. The van der Waals surface area contributed by atoms with E-state index in [1.54, 1.807) is 29.1 Å². The summed E-state index contributed by atoms with van der Waals surface area (Å²) in [4.78, 5) is 17.5. The molecule has 2 heterocycles. The first-order valence-corrected chi connectivity index (χ1v) is 10.0. The van der Waals surface area contributed by atoms with Gasteiger partial charge in [0.05, 0.1) is 29.0 Å². The van der Waals surface area contributed by atoms with E-state index in [9.17, 15) is 9.18 Å². The topological polar surface area (TPSA) is 59.8 Å². The SMILES string of the molecule is CCCC(NC(=O)c1cccc2c1cnn2-c1ccc(F)cc1)c1ccc(C)nc1. The predicted molar refractivity (Wildman–Crippen MR) is 115 cm³/mol. The largest absolute Gasteiger partial charge is 0.345 e. The Bertz CT molecular complexity index is 1170. The second kappa shape index (κ2) is 8.45. The molecule has 30 heavy (non-hydrogen) atoms. The molecule has 0 saturated heterocycles. The number of hydrogen-bond donors (Lipinski definition) is 1. The lowest BCUT2D eigenvalue weighted by molar-refractivity contribution is 0.0936. The van der Waals surface area contributed by atoms with E-state index in [4.69, 9.17) is 0 Å². The molecule has 0 saturated carbocycles. The average molecular weight is 402 g/mol. The van der Waals surface area contributed by atoms with Crippen LogP contribution in [0.2, 0.25) is 0 Å². The zero-order valence-electron chi connectivity index (χ0n) is 17.0. The number of aromatic nitrogens is 3. The number of nitrogens with zero attached hydrogens (tertiary/aromatic N) is 3. The summed E-state index contributed by atoms with van der Waals surface area (Å²) in [5.74, 6) is -0.457. The first-order chi connectivity index (χ1) is 14.6. The van der Waals surface area contributed by atoms with Crippen molar-refractivity contribution in [1.82, 2.24) is 20.1 Å². The van der Waals surface area contributed by atoms with Gasteiger partial charge >= 0.3 is 0 Å². The van der Waals surface area contributed by atoms with Gasteiger partial charge in [0.1, 0.15) is 5.82 Å². The van der Waals surface area contributed by atoms with Crippen molar-refractivity contribution < 1.29 is 9.18 Å². The van der Waals surface area contributed by atoms with Gasteiger partial charge in [-0.25, -0.2) is 9.07 Å². The minimum Gasteiger partial charge on any atom is -0.345 e. The van der Waals surface area contributed by atoms with E-state index in [1.165, 1.54) is 12.1 Å². The Labute approximate surface area is 174 Å². The number of amides is 1. The van der Waals surface area contributed by atoms with Gasteiger partial charge < -0.3 is 5.32 Å². The summed E-state index contributed by atoms with van der Waals surface area (Å²) in [6.45, 7) is 4.03. The number of pyridine rings is 1. The number of aryl methyl sites for hydroxylation is 1. The Kier molecular flexibility index (Phi) is 5.57. The Balaban J connectivity index is 1.66. The van der Waals surface area contributed by atoms with Crippen molar-refractivity contribution in [3.63, 3.8) is 0 Å². The summed E-state index contributed by atoms with van der Waals surface area (Å²) in [5.41, 5.74) is 4.02. The van der Waals surface area contributed by atoms with Gasteiger partial charge in [0.15, 0.2) is 0 Å². The third-order valence-corrected chi connectivity index (χ3v) is 5.15. The fourth-order valence-electron chi connectivity index (χ4n) is 3.57. The summed E-state index contributed by atoms with van der Waals surface area (Å²) in [6, 6.07) is 15.5. The van der Waals surface area contributed by atoms with Crippen LogP contribution in [-0.4, -0.2) is 20.7 Å². The first kappa shape index (κ1) is 19.8. The molecule has 1 unspecified atom stereocenters. The average Bonchev–Trinajstić information content (AvgIpc) is 3.19. The molecule has 0 radical (unpaired) electrons. The molecule has 4 aromatic rings. The van der Waals surface area contributed by atoms with Crippen LogP contribution in [-0.2, 0) is 0 Å². The number of halogens is 1. The third kappa shape index (κ3) is 3.94. The van der Waals surface area contributed by atoms with Gasteiger partial charge in [-0.1, -0.05) is 25.5 Å². The third-order valence-electron chi connectivity index (χ3n) is 5.15. The van der Waals surface area contributed by atoms with Crippen LogP contribution in [0.4, 0.5) is 4.39 Å². The van der Waals surface area contributed by atoms with Crippen LogP contribution in [0.1, 0.15) is 47.4 Å². The molecule has 0 bridgehead atoms. The Morgan fingerprint density at radius 3 is 2.60 bits per heavy atom. The minimum absolute atomic E-state index is 0.113. The highest BCUT2D eigenvalue weighted by Crippen LogP contribution is 2.24. The van der Waals surface area contributed by atoms with Crippen molar-refractivity contribution >= 4 is 16.8 Å². The number of nitrogens with one attached hydrogen (secondary N) is 1. The van der Waals surface area contributed by atoms with Crippen LogP contribution in [0.15, 0.2) is 67.0 Å². The molecule has 5 nitrogen and oxygen atoms in total. The number of carbonyl (C=O) groups is 1. The molecule has 0 aliphatic carbocycles. The van der Waals surface area contributed by atoms with Crippen molar-refractivity contribution in [2.45, 2.75) is 32.7 Å². The number of hydrogen-bond acceptors (Lipinski definition) is 3. The molecule has 152 valence electrons. The second-order valence-electron chi connectivity index (χ2n) is 7.32. The van der Waals surface area contributed by atoms with Gasteiger partial charge in [0.25, 0.3) is 5.91 Å². The fraction of sp³-hybridized carbons (Fsp3) is 0.208. The zero-order valence-corrected chi connectivity index (χ0v) is 17.0. The molecular formula is C24H23FN4O. The summed E-state index contributed by atoms with van der Waals surface area (Å²) < 4.78 is 15.0. The van der Waals surface area contributed by atoms with Crippen LogP contribution < -0.4 is 5.32 Å². The predicted octanol–water partition coefficient (Wildman–Crippen LogP) is 5.14. The Hall–Kier alpha value is -3.54. The zero-order chi connectivity index (χ0) is 21.1. The lowest BCUT2D eigenvalue weighted by Gasteiger charge is -2.19. The molecule has 4 rings (SSSR count). The summed E-state index contributed by atoms with van der Waals surface area (Å²) in [6.07, 6.45) is 5.26. The molecule has 0 spiro atoms. The molecule has 0 aliphatic rings. The number of rotatable bonds is 6. The number of carbonyl (C=O) groups excluding carboxylic acids is 1. The molecule has 6 heteroatoms. The molecular weight excluding hydrogens is 379 g/mol. The highest BCUT2D eigenvalue weighted by molar-refractivity contribution is 6.06. The molecule has 1 amide bonds. The quantitative estimate of drug-likeness (QED) is 0.486. The van der Waals surface area contributed by atoms with Crippen molar-refractivity contribution in [1.29, 1.82) is 0 Å². The van der Waals surface area contributed by atoms with Gasteiger partial charge in [-0.2, -0.15) is 5.10 Å². The Morgan fingerprint density at radius 2 is 1.90 bits per heavy atom. The van der Waals surface area contributed by atoms with Crippen molar-refractivity contribution in [2.75, 3.05) is 0 Å². The smallest absolute Gasteiger partial charge is 0.252 e. The van der Waals surface area contributed by atoms with Gasteiger partial charge in [-0.15, -0.1) is 0 Å². The lowest BCUT2D eigenvalue weighted by Crippen LogP contribution is -2.28. The van der Waals surface area contributed by atoms with Crippen LogP contribution >= 0.6 is 0 Å². The van der Waals surface area contributed by atoms with E-state index in [0.29, 0.717) is 5.56 Å². The Morgan fingerprint density at radius 1 is 1.10 bits per heavy atom. The molecule has 0 aliphatic heterocycles. The molecule has 1 N–H and O–H groups in total. The van der Waals surface area contributed by atoms with Crippen LogP contribution in [0.5, 0.6) is 0 Å². The normalized spacial score (nSPS) is 12.1. The number of benzene rings is 2. The minimum atomic E-state index is -0.303. The molecule has 0 fully saturated rings. The summed E-state index contributed by atoms with van der Waals surface area (Å²) in [7, 11) is 0. The molecule has 2 aromatic carbocycles. The van der Waals surface area contributed by atoms with Crippen molar-refractivity contribution in [2.24, 2.45) is 0 Å². The van der Waals surface area contributed by atoms with Crippen molar-refractivity contribution in [3.05, 3.63) is 89.6 Å². The summed E-state index contributed by atoms with van der Waals surface area (Å²) in [5, 5.41) is 8.33. The van der Waals surface area contributed by atoms with E-state index >= 15 is 0 Å². The highest BCUT2D eigenvalue weighted by Gasteiger charge is 2.19. The monoisotopic (exact) mass is 402 g/mol. The van der Waals surface area contributed by atoms with Crippen molar-refractivity contribution in [3.8, 4) is 5.69 Å². The van der Waals surface area contributed by atoms with Gasteiger partial charge in [0, 0.05) is 17.3 Å². The highest BCUT2D eigenvalue weighted by atomic mass is 19.1. The second-order valence-corrected chi connectivity index (χ2v) is 7.32. The van der Waals surface area contributed by atoms with Gasteiger partial charge in [-0.05, 0) is 61.4 Å². The standard InChI is InChI=1S/C24H23FN4O/c1-3-5-22(17-9-8-16(2)26-14-17)28-24(30)20-6-4-7-23-21(20)15-27-29(23)19-12-10-18(25)11-13-19/h4,6-15,22H,3,5H2,1-2H3,(H,28,30). The molecule has 1 atom stereocenters. The van der Waals surface area contributed by atoms with E-state index in [-0.39, 0.29) is 17.8 Å². The van der Waals surface area contributed by atoms with E-state index in [1.807, 2.05) is 37.4 Å². The maximum atomic E-state index is 13.3.